The van der Waals surface area contributed by atoms with Gasteiger partial charge in [-0.05, 0) is 43.0 Å². The van der Waals surface area contributed by atoms with Crippen molar-refractivity contribution in [3.8, 4) is 17.2 Å². The molecule has 1 N–H and O–H groups in total. The van der Waals surface area contributed by atoms with E-state index in [-0.39, 0.29) is 12.5 Å². The van der Waals surface area contributed by atoms with Crippen LogP contribution in [0.25, 0.3) is 17.2 Å². The second-order valence-corrected chi connectivity index (χ2v) is 8.00. The fraction of sp³-hybridized carbons (Fsp3) is 0.240. The fourth-order valence-corrected chi connectivity index (χ4v) is 4.13. The Kier molecular flexibility index (Phi) is 5.66. The van der Waals surface area contributed by atoms with Crippen molar-refractivity contribution in [3.63, 3.8) is 0 Å². The zero-order valence-corrected chi connectivity index (χ0v) is 18.6. The molecule has 3 heterocycles. The summed E-state index contributed by atoms with van der Waals surface area (Å²) in [6.07, 6.45) is 5.26. The molecule has 5 rings (SSSR count). The second kappa shape index (κ2) is 8.91. The summed E-state index contributed by atoms with van der Waals surface area (Å²) < 4.78 is 6.96. The minimum absolute atomic E-state index is 0.197. The van der Waals surface area contributed by atoms with Gasteiger partial charge in [-0.15, -0.1) is 0 Å². The molecule has 0 saturated carbocycles. The molecule has 0 saturated heterocycles. The average molecular weight is 441 g/mol. The molecule has 1 amide bonds. The first-order valence-electron chi connectivity index (χ1n) is 10.8. The number of hydrogen-bond donors (Lipinski definition) is 1. The van der Waals surface area contributed by atoms with E-state index in [2.05, 4.69) is 32.5 Å². The number of hydrogen-bond acceptors (Lipinski definition) is 6. The molecular formula is C25H24N6O2. The Labute approximate surface area is 191 Å². The Morgan fingerprint density at radius 2 is 1.91 bits per heavy atom. The molecule has 8 nitrogen and oxygen atoms in total. The highest BCUT2D eigenvalue weighted by molar-refractivity contribution is 5.95. The van der Waals surface area contributed by atoms with Crippen LogP contribution in [0.4, 0.5) is 0 Å². The Morgan fingerprint density at radius 3 is 2.76 bits per heavy atom. The Morgan fingerprint density at radius 1 is 1.06 bits per heavy atom. The zero-order chi connectivity index (χ0) is 22.8. The molecule has 0 aliphatic heterocycles. The monoisotopic (exact) mass is 440 g/mol. The number of methoxy groups -OCH3 is 1. The summed E-state index contributed by atoms with van der Waals surface area (Å²) in [7, 11) is 1.58. The molecule has 1 aromatic carbocycles. The highest BCUT2D eigenvalue weighted by Gasteiger charge is 2.23. The van der Waals surface area contributed by atoms with E-state index in [1.54, 1.807) is 11.8 Å². The van der Waals surface area contributed by atoms with Crippen LogP contribution in [-0.2, 0) is 30.7 Å². The molecule has 33 heavy (non-hydrogen) atoms. The minimum Gasteiger partial charge on any atom is -0.378 e. The first-order chi connectivity index (χ1) is 16.1. The van der Waals surface area contributed by atoms with Gasteiger partial charge >= 0.3 is 0 Å². The summed E-state index contributed by atoms with van der Waals surface area (Å²) in [5.41, 5.74) is 7.13. The van der Waals surface area contributed by atoms with Crippen molar-refractivity contribution in [1.29, 1.82) is 0 Å². The molecule has 0 radical (unpaired) electrons. The van der Waals surface area contributed by atoms with Gasteiger partial charge in [-0.3, -0.25) is 9.78 Å². The van der Waals surface area contributed by atoms with Gasteiger partial charge in [-0.25, -0.2) is 9.97 Å². The summed E-state index contributed by atoms with van der Waals surface area (Å²) in [5.74, 6) is 0.164. The van der Waals surface area contributed by atoms with E-state index in [0.717, 1.165) is 41.1 Å². The minimum atomic E-state index is -0.250. The molecule has 0 fully saturated rings. The predicted octanol–water partition coefficient (Wildman–Crippen LogP) is 3.21. The van der Waals surface area contributed by atoms with Gasteiger partial charge in [0.15, 0.2) is 0 Å². The average Bonchev–Trinajstić information content (AvgIpc) is 3.26. The lowest BCUT2D eigenvalue weighted by molar-refractivity contribution is 0.0945. The lowest BCUT2D eigenvalue weighted by Crippen LogP contribution is -2.24. The molecule has 0 bridgehead atoms. The van der Waals surface area contributed by atoms with Crippen LogP contribution in [0, 0.1) is 6.92 Å². The number of pyridine rings is 1. The molecule has 1 aliphatic rings. The topological polar surface area (TPSA) is 94.8 Å². The van der Waals surface area contributed by atoms with E-state index < -0.39 is 0 Å². The standard InChI is InChI=1S/C25H24N6O2/c1-16-6-5-8-19(29-16)13-26-24(32)21-14-28-31(22(21)15-33-2)25-27-12-18-11-10-17-7-3-4-9-20(17)23(18)30-25/h3-9,12,14H,10-11,13,15H2,1-2H3,(H,26,32). The largest absolute Gasteiger partial charge is 0.378 e. The van der Waals surface area contributed by atoms with Crippen molar-refractivity contribution in [1.82, 2.24) is 30.0 Å². The maximum absolute atomic E-state index is 13.0. The van der Waals surface area contributed by atoms with Gasteiger partial charge in [0.1, 0.15) is 0 Å². The van der Waals surface area contributed by atoms with Crippen LogP contribution in [0.1, 0.15) is 38.6 Å². The van der Waals surface area contributed by atoms with Gasteiger partial charge in [-0.1, -0.05) is 30.3 Å². The molecule has 166 valence electrons. The molecule has 0 spiro atoms. The van der Waals surface area contributed by atoms with Gasteiger partial charge in [0, 0.05) is 24.6 Å². The number of aromatic nitrogens is 5. The van der Waals surface area contributed by atoms with E-state index in [0.29, 0.717) is 23.8 Å². The van der Waals surface area contributed by atoms with Crippen molar-refractivity contribution in [2.24, 2.45) is 0 Å². The Balaban J connectivity index is 1.46. The van der Waals surface area contributed by atoms with E-state index in [1.165, 1.54) is 11.8 Å². The number of benzene rings is 1. The van der Waals surface area contributed by atoms with Crippen LogP contribution >= 0.6 is 0 Å². The lowest BCUT2D eigenvalue weighted by atomic mass is 9.90. The van der Waals surface area contributed by atoms with Gasteiger partial charge < -0.3 is 10.1 Å². The van der Waals surface area contributed by atoms with E-state index in [4.69, 9.17) is 9.72 Å². The Bertz CT molecular complexity index is 1330. The van der Waals surface area contributed by atoms with Crippen LogP contribution < -0.4 is 5.32 Å². The van der Waals surface area contributed by atoms with Gasteiger partial charge in [-0.2, -0.15) is 9.78 Å². The number of carbonyl (C=O) groups is 1. The third-order valence-corrected chi connectivity index (χ3v) is 5.75. The zero-order valence-electron chi connectivity index (χ0n) is 18.6. The third-order valence-electron chi connectivity index (χ3n) is 5.75. The number of fused-ring (bicyclic) bond motifs is 3. The number of rotatable bonds is 6. The number of ether oxygens (including phenoxy) is 1. The van der Waals surface area contributed by atoms with Crippen molar-refractivity contribution in [3.05, 3.63) is 88.6 Å². The van der Waals surface area contributed by atoms with E-state index in [1.807, 2.05) is 43.5 Å². The molecule has 0 atom stereocenters. The van der Waals surface area contributed by atoms with Crippen molar-refractivity contribution in [2.45, 2.75) is 32.9 Å². The van der Waals surface area contributed by atoms with Crippen LogP contribution in [0.3, 0.4) is 0 Å². The normalized spacial score (nSPS) is 12.2. The molecule has 8 heteroatoms. The molecule has 3 aromatic heterocycles. The van der Waals surface area contributed by atoms with Gasteiger partial charge in [0.25, 0.3) is 11.9 Å². The smallest absolute Gasteiger partial charge is 0.255 e. The highest BCUT2D eigenvalue weighted by Crippen LogP contribution is 2.31. The second-order valence-electron chi connectivity index (χ2n) is 8.00. The first-order valence-corrected chi connectivity index (χ1v) is 10.8. The van der Waals surface area contributed by atoms with Crippen LogP contribution in [0.15, 0.2) is 54.9 Å². The number of nitrogens with one attached hydrogen (secondary N) is 1. The predicted molar refractivity (Wildman–Crippen MR) is 123 cm³/mol. The number of carbonyl (C=O) groups excluding carboxylic acids is 1. The molecule has 0 unspecified atom stereocenters. The SMILES string of the molecule is COCc1c(C(=O)NCc2cccc(C)n2)cnn1-c1ncc2c(n1)-c1ccccc1CC2. The maximum Gasteiger partial charge on any atom is 0.255 e. The third kappa shape index (κ3) is 4.12. The number of nitrogens with zero attached hydrogens (tertiary/aromatic N) is 5. The summed E-state index contributed by atoms with van der Waals surface area (Å²) in [6, 6.07) is 14.0. The highest BCUT2D eigenvalue weighted by atomic mass is 16.5. The molecular weight excluding hydrogens is 416 g/mol. The van der Waals surface area contributed by atoms with Gasteiger partial charge in [0.05, 0.1) is 42.0 Å². The van der Waals surface area contributed by atoms with Crippen LogP contribution in [0.2, 0.25) is 0 Å². The van der Waals surface area contributed by atoms with Crippen molar-refractivity contribution >= 4 is 5.91 Å². The van der Waals surface area contributed by atoms with E-state index >= 15 is 0 Å². The van der Waals surface area contributed by atoms with Gasteiger partial charge in [0.2, 0.25) is 0 Å². The number of aryl methyl sites for hydroxylation is 3. The van der Waals surface area contributed by atoms with Crippen LogP contribution in [0.5, 0.6) is 0 Å². The fourth-order valence-electron chi connectivity index (χ4n) is 4.13. The first kappa shape index (κ1) is 21.0. The Hall–Kier alpha value is -3.91. The van der Waals surface area contributed by atoms with Crippen molar-refractivity contribution in [2.75, 3.05) is 7.11 Å². The lowest BCUT2D eigenvalue weighted by Gasteiger charge is -2.19. The molecule has 1 aliphatic carbocycles. The summed E-state index contributed by atoms with van der Waals surface area (Å²) in [6.45, 7) is 2.44. The van der Waals surface area contributed by atoms with Crippen LogP contribution in [-0.4, -0.2) is 37.7 Å². The summed E-state index contributed by atoms with van der Waals surface area (Å²) in [5, 5.41) is 7.35. The van der Waals surface area contributed by atoms with Crippen molar-refractivity contribution < 1.29 is 9.53 Å². The van der Waals surface area contributed by atoms with E-state index in [9.17, 15) is 4.79 Å². The summed E-state index contributed by atoms with van der Waals surface area (Å²) >= 11 is 0. The quantitative estimate of drug-likeness (QED) is 0.495. The number of amides is 1. The maximum atomic E-state index is 13.0. The summed E-state index contributed by atoms with van der Waals surface area (Å²) in [4.78, 5) is 26.8. The molecule has 4 aromatic rings.